The average Bonchev–Trinajstić information content (AvgIpc) is 2.84. The monoisotopic (exact) mass is 486 g/mol. The minimum Gasteiger partial charge on any atom is -0.472 e. The highest BCUT2D eigenvalue weighted by atomic mass is 16.4. The van der Waals surface area contributed by atoms with Crippen molar-refractivity contribution in [3.05, 3.63) is 12.2 Å². The predicted molar refractivity (Wildman–Crippen MR) is 150 cm³/mol. The van der Waals surface area contributed by atoms with Gasteiger partial charge in [-0.1, -0.05) is 140 Å². The third kappa shape index (κ3) is 28.4. The molecule has 35 heavy (non-hydrogen) atoms. The molecule has 0 saturated heterocycles. The van der Waals surface area contributed by atoms with Crippen LogP contribution in [0.5, 0.6) is 0 Å². The summed E-state index contributed by atoms with van der Waals surface area (Å²) in [6, 6.07) is 0. The minimum absolute atomic E-state index is 0.542. The molecule has 2 N–H and O–H groups in total. The largest absolute Gasteiger partial charge is 0.472 e. The first-order valence-corrected chi connectivity index (χ1v) is 14.6. The Hall–Kier alpha value is -1.71. The number of carboxylic acids is 1. The Morgan fingerprint density at radius 2 is 1.11 bits per heavy atom. The van der Waals surface area contributed by atoms with Crippen molar-refractivity contribution in [3.8, 4) is 24.2 Å². The molecule has 0 aliphatic carbocycles. The number of allylic oxidation sites excluding steroid dienone is 2. The summed E-state index contributed by atoms with van der Waals surface area (Å²) < 4.78 is 0. The fraction of sp³-hybridized carbons (Fsp3) is 0.781. The second-order valence-corrected chi connectivity index (χ2v) is 10.3. The minimum atomic E-state index is -1.07. The van der Waals surface area contributed by atoms with Gasteiger partial charge in [-0.15, -0.1) is 6.42 Å². The highest BCUT2D eigenvalue weighted by Gasteiger charge is 2.03. The predicted octanol–water partition coefficient (Wildman–Crippen LogP) is 8.84. The van der Waals surface area contributed by atoms with Crippen molar-refractivity contribution < 1.29 is 15.0 Å². The summed E-state index contributed by atoms with van der Waals surface area (Å²) in [7, 11) is 0. The van der Waals surface area contributed by atoms with Gasteiger partial charge in [0, 0.05) is 5.92 Å². The number of aliphatic hydroxyl groups is 1. The summed E-state index contributed by atoms with van der Waals surface area (Å²) in [5, 5.41) is 17.7. The van der Waals surface area contributed by atoms with Gasteiger partial charge >= 0.3 is 5.97 Å². The molecule has 0 spiro atoms. The van der Waals surface area contributed by atoms with Crippen LogP contribution in [-0.4, -0.2) is 22.3 Å². The first-order valence-electron chi connectivity index (χ1n) is 14.6. The topological polar surface area (TPSA) is 57.5 Å². The van der Waals surface area contributed by atoms with Crippen LogP contribution in [0.1, 0.15) is 148 Å². The smallest absolute Gasteiger partial charge is 0.382 e. The first-order chi connectivity index (χ1) is 17.1. The summed E-state index contributed by atoms with van der Waals surface area (Å²) in [5.74, 6) is 6.80. The summed E-state index contributed by atoms with van der Waals surface area (Å²) in [5.41, 5.74) is 0. The van der Waals surface area contributed by atoms with Crippen LogP contribution in [0.4, 0.5) is 0 Å². The van der Waals surface area contributed by atoms with Crippen LogP contribution in [-0.2, 0) is 4.79 Å². The highest BCUT2D eigenvalue weighted by molar-refractivity contribution is 5.86. The van der Waals surface area contributed by atoms with Gasteiger partial charge in [0.05, 0.1) is 0 Å². The van der Waals surface area contributed by atoms with E-state index in [-0.39, 0.29) is 0 Å². The van der Waals surface area contributed by atoms with Gasteiger partial charge in [-0.3, -0.25) is 0 Å². The fourth-order valence-electron chi connectivity index (χ4n) is 4.53. The molecule has 0 rings (SSSR count). The molecular formula is C32H54O3. The molecule has 200 valence electrons. The molecule has 0 radical (unpaired) electrons. The molecule has 3 heteroatoms. The van der Waals surface area contributed by atoms with Crippen LogP contribution >= 0.6 is 0 Å². The Morgan fingerprint density at radius 1 is 0.714 bits per heavy atom. The maximum atomic E-state index is 10.3. The van der Waals surface area contributed by atoms with Gasteiger partial charge in [-0.2, -0.15) is 0 Å². The summed E-state index contributed by atoms with van der Waals surface area (Å²) >= 11 is 0. The third-order valence-electron chi connectivity index (χ3n) is 6.81. The lowest BCUT2D eigenvalue weighted by atomic mass is 9.95. The van der Waals surface area contributed by atoms with Crippen LogP contribution in [0.25, 0.3) is 0 Å². The van der Waals surface area contributed by atoms with E-state index in [9.17, 15) is 9.90 Å². The zero-order chi connectivity index (χ0) is 25.8. The van der Waals surface area contributed by atoms with Crippen LogP contribution < -0.4 is 0 Å². The van der Waals surface area contributed by atoms with E-state index in [1.807, 2.05) is 6.08 Å². The van der Waals surface area contributed by atoms with Crippen LogP contribution in [0, 0.1) is 30.1 Å². The van der Waals surface area contributed by atoms with Crippen molar-refractivity contribution in [1.29, 1.82) is 0 Å². The normalized spacial score (nSPS) is 12.7. The van der Waals surface area contributed by atoms with Crippen molar-refractivity contribution in [2.45, 2.75) is 154 Å². The summed E-state index contributed by atoms with van der Waals surface area (Å²) in [6.07, 6.45) is 36.6. The van der Waals surface area contributed by atoms with Crippen molar-refractivity contribution in [2.75, 3.05) is 0 Å². The van der Waals surface area contributed by atoms with E-state index < -0.39 is 12.1 Å². The fourth-order valence-corrected chi connectivity index (χ4v) is 4.53. The van der Waals surface area contributed by atoms with E-state index in [1.165, 1.54) is 122 Å². The molecule has 2 atom stereocenters. The Labute approximate surface area is 217 Å². The van der Waals surface area contributed by atoms with E-state index in [2.05, 4.69) is 24.7 Å². The van der Waals surface area contributed by atoms with E-state index >= 15 is 0 Å². The molecule has 0 amide bonds. The van der Waals surface area contributed by atoms with Gasteiger partial charge < -0.3 is 10.2 Å². The second kappa shape index (κ2) is 26.9. The molecule has 0 aliphatic heterocycles. The standard InChI is InChI=1S/C32H54O3/c1-3-31(33)28-24-20-16-13-12-15-19-23-27-30(2)26-22-18-14-10-8-6-4-5-7-9-11-17-21-25-29-32(34)35/h1,17,21,30-31,33H,4-16,18-20,22-24,26-28H2,2H3,(H,34,35). The van der Waals surface area contributed by atoms with Crippen LogP contribution in [0.2, 0.25) is 0 Å². The summed E-state index contributed by atoms with van der Waals surface area (Å²) in [6.45, 7) is 2.43. The van der Waals surface area contributed by atoms with E-state index in [1.54, 1.807) is 6.08 Å². The van der Waals surface area contributed by atoms with Crippen molar-refractivity contribution in [2.24, 2.45) is 5.92 Å². The van der Waals surface area contributed by atoms with Crippen molar-refractivity contribution in [3.63, 3.8) is 0 Å². The molecule has 0 fully saturated rings. The maximum absolute atomic E-state index is 10.3. The molecule has 0 bridgehead atoms. The number of carboxylic acid groups (broad SMARTS) is 1. The molecule has 0 aliphatic rings. The Morgan fingerprint density at radius 3 is 1.54 bits per heavy atom. The number of terminal acetylenes is 1. The van der Waals surface area contributed by atoms with E-state index in [0.717, 1.165) is 25.2 Å². The van der Waals surface area contributed by atoms with Gasteiger partial charge in [0.1, 0.15) is 6.10 Å². The zero-order valence-corrected chi connectivity index (χ0v) is 22.7. The second-order valence-electron chi connectivity index (χ2n) is 10.3. The zero-order valence-electron chi connectivity index (χ0n) is 22.7. The van der Waals surface area contributed by atoms with Gasteiger partial charge in [-0.25, -0.2) is 4.79 Å². The number of hydrogen-bond donors (Lipinski definition) is 2. The van der Waals surface area contributed by atoms with Gasteiger partial charge in [0.25, 0.3) is 0 Å². The van der Waals surface area contributed by atoms with Crippen molar-refractivity contribution in [1.82, 2.24) is 0 Å². The number of hydrogen-bond acceptors (Lipinski definition) is 2. The highest BCUT2D eigenvalue weighted by Crippen LogP contribution is 2.19. The van der Waals surface area contributed by atoms with Gasteiger partial charge in [0.15, 0.2) is 0 Å². The Bertz CT molecular complexity index is 605. The molecular weight excluding hydrogens is 432 g/mol. The van der Waals surface area contributed by atoms with Gasteiger partial charge in [-0.05, 0) is 37.7 Å². The molecule has 0 aromatic carbocycles. The number of unbranched alkanes of at least 4 members (excludes halogenated alkanes) is 17. The molecule has 0 saturated carbocycles. The summed E-state index contributed by atoms with van der Waals surface area (Å²) in [4.78, 5) is 10.3. The lowest BCUT2D eigenvalue weighted by Gasteiger charge is -2.11. The lowest BCUT2D eigenvalue weighted by Crippen LogP contribution is -2.01. The third-order valence-corrected chi connectivity index (χ3v) is 6.81. The quantitative estimate of drug-likeness (QED) is 0.106. The van der Waals surface area contributed by atoms with Gasteiger partial charge in [0.2, 0.25) is 0 Å². The van der Waals surface area contributed by atoms with Crippen molar-refractivity contribution >= 4 is 5.97 Å². The average molecular weight is 487 g/mol. The van der Waals surface area contributed by atoms with E-state index in [4.69, 9.17) is 11.5 Å². The van der Waals surface area contributed by atoms with Crippen LogP contribution in [0.15, 0.2) is 12.2 Å². The molecule has 0 heterocycles. The SMILES string of the molecule is C#CC(O)CCCCCCCCCCC(C)CCCCCCCCCCCCC=CC#CC(=O)O. The van der Waals surface area contributed by atoms with Crippen LogP contribution in [0.3, 0.4) is 0 Å². The maximum Gasteiger partial charge on any atom is 0.382 e. The van der Waals surface area contributed by atoms with E-state index in [0.29, 0.717) is 0 Å². The number of aliphatic carboxylic acids is 1. The molecule has 0 aromatic rings. The Kier molecular flexibility index (Phi) is 25.6. The lowest BCUT2D eigenvalue weighted by molar-refractivity contribution is -0.130. The molecule has 0 aromatic heterocycles. The molecule has 3 nitrogen and oxygen atoms in total. The number of rotatable bonds is 24. The Balaban J connectivity index is 3.25. The number of carbonyl (C=O) groups is 1. The first kappa shape index (κ1) is 33.3. The molecule has 2 unspecified atom stereocenters. The number of aliphatic hydroxyl groups excluding tert-OH is 1.